The smallest absolute Gasteiger partial charge is 0.189 e. The Hall–Kier alpha value is -1.09. The number of fused-ring (bicyclic) bond motifs is 1. The van der Waals surface area contributed by atoms with Gasteiger partial charge in [0.15, 0.2) is 5.43 Å². The van der Waals surface area contributed by atoms with Crippen molar-refractivity contribution in [1.29, 1.82) is 0 Å². The Kier molecular flexibility index (Phi) is 3.67. The maximum Gasteiger partial charge on any atom is 0.189 e. The highest BCUT2D eigenvalue weighted by atomic mass is 79.9. The number of aromatic nitrogens is 1. The van der Waals surface area contributed by atoms with Crippen molar-refractivity contribution in [3.05, 3.63) is 44.7 Å². The molecule has 0 unspecified atom stereocenters. The average molecular weight is 294 g/mol. The van der Waals surface area contributed by atoms with Gasteiger partial charge in [-0.05, 0) is 37.0 Å². The Balaban J connectivity index is 2.42. The predicted molar refractivity (Wildman–Crippen MR) is 75.4 cm³/mol. The van der Waals surface area contributed by atoms with Gasteiger partial charge < -0.3 is 4.98 Å². The molecule has 0 saturated heterocycles. The summed E-state index contributed by atoms with van der Waals surface area (Å²) in [5.41, 5.74) is 2.04. The van der Waals surface area contributed by atoms with Gasteiger partial charge in [0.1, 0.15) is 0 Å². The third kappa shape index (κ3) is 2.97. The lowest BCUT2D eigenvalue weighted by Crippen LogP contribution is -2.06. The van der Waals surface area contributed by atoms with Crippen LogP contribution in [0.15, 0.2) is 33.5 Å². The molecule has 0 radical (unpaired) electrons. The first-order valence-corrected chi connectivity index (χ1v) is 6.67. The zero-order valence-electron chi connectivity index (χ0n) is 10.1. The topological polar surface area (TPSA) is 32.9 Å². The fourth-order valence-electron chi connectivity index (χ4n) is 1.85. The second-order valence-corrected chi connectivity index (χ2v) is 5.70. The fourth-order valence-corrected chi connectivity index (χ4v) is 2.21. The molecule has 17 heavy (non-hydrogen) atoms. The summed E-state index contributed by atoms with van der Waals surface area (Å²) in [5, 5.41) is 0.743. The molecule has 0 atom stereocenters. The van der Waals surface area contributed by atoms with E-state index in [-0.39, 0.29) is 5.43 Å². The summed E-state index contributed by atoms with van der Waals surface area (Å²) >= 11 is 3.38. The zero-order chi connectivity index (χ0) is 12.4. The SMILES string of the molecule is CC(C)CCc1cc(=O)c2cc(Br)ccc2[nH]1. The van der Waals surface area contributed by atoms with Crippen LogP contribution in [0.25, 0.3) is 10.9 Å². The molecule has 2 aromatic rings. The Morgan fingerprint density at radius 1 is 1.29 bits per heavy atom. The summed E-state index contributed by atoms with van der Waals surface area (Å²) in [7, 11) is 0. The minimum atomic E-state index is 0.0961. The Bertz CT molecular complexity index is 586. The molecule has 0 aliphatic carbocycles. The summed E-state index contributed by atoms with van der Waals surface area (Å²) in [6.07, 6.45) is 2.02. The number of aromatic amines is 1. The number of H-pyrrole nitrogens is 1. The van der Waals surface area contributed by atoms with Gasteiger partial charge >= 0.3 is 0 Å². The van der Waals surface area contributed by atoms with Gasteiger partial charge in [-0.3, -0.25) is 4.79 Å². The van der Waals surface area contributed by atoms with Crippen molar-refractivity contribution >= 4 is 26.8 Å². The Morgan fingerprint density at radius 3 is 2.76 bits per heavy atom. The van der Waals surface area contributed by atoms with Crippen LogP contribution in [0.4, 0.5) is 0 Å². The van der Waals surface area contributed by atoms with E-state index >= 15 is 0 Å². The molecule has 2 nitrogen and oxygen atoms in total. The lowest BCUT2D eigenvalue weighted by Gasteiger charge is -2.06. The van der Waals surface area contributed by atoms with E-state index in [0.29, 0.717) is 5.92 Å². The summed E-state index contributed by atoms with van der Waals surface area (Å²) < 4.78 is 0.936. The molecule has 1 aromatic heterocycles. The average Bonchev–Trinajstić information content (AvgIpc) is 2.27. The van der Waals surface area contributed by atoms with E-state index in [1.807, 2.05) is 18.2 Å². The van der Waals surface area contributed by atoms with E-state index < -0.39 is 0 Å². The largest absolute Gasteiger partial charge is 0.358 e. The second kappa shape index (κ2) is 5.05. The molecule has 1 N–H and O–H groups in total. The molecule has 0 amide bonds. The van der Waals surface area contributed by atoms with Crippen LogP contribution in [0.3, 0.4) is 0 Å². The van der Waals surface area contributed by atoms with Crippen LogP contribution >= 0.6 is 15.9 Å². The lowest BCUT2D eigenvalue weighted by atomic mass is 10.1. The molecule has 90 valence electrons. The molecule has 3 heteroatoms. The first-order valence-electron chi connectivity index (χ1n) is 5.87. The summed E-state index contributed by atoms with van der Waals surface area (Å²) in [4.78, 5) is 15.3. The van der Waals surface area contributed by atoms with Crippen LogP contribution in [0.2, 0.25) is 0 Å². The fraction of sp³-hybridized carbons (Fsp3) is 0.357. The van der Waals surface area contributed by atoms with E-state index in [1.54, 1.807) is 6.07 Å². The van der Waals surface area contributed by atoms with Crippen molar-refractivity contribution in [3.63, 3.8) is 0 Å². The van der Waals surface area contributed by atoms with Crippen molar-refractivity contribution < 1.29 is 0 Å². The first kappa shape index (κ1) is 12.4. The summed E-state index contributed by atoms with van der Waals surface area (Å²) in [6.45, 7) is 4.38. The van der Waals surface area contributed by atoms with Crippen molar-refractivity contribution in [1.82, 2.24) is 4.98 Å². The van der Waals surface area contributed by atoms with E-state index in [1.165, 1.54) is 0 Å². The van der Waals surface area contributed by atoms with Gasteiger partial charge in [-0.25, -0.2) is 0 Å². The van der Waals surface area contributed by atoms with Crippen molar-refractivity contribution in [3.8, 4) is 0 Å². The molecule has 2 rings (SSSR count). The first-order chi connectivity index (χ1) is 8.06. The van der Waals surface area contributed by atoms with Crippen molar-refractivity contribution in [2.75, 3.05) is 0 Å². The highest BCUT2D eigenvalue weighted by Crippen LogP contribution is 2.16. The molecule has 0 aliphatic rings. The number of pyridine rings is 1. The highest BCUT2D eigenvalue weighted by Gasteiger charge is 2.03. The van der Waals surface area contributed by atoms with Gasteiger partial charge in [0.05, 0.1) is 0 Å². The minimum Gasteiger partial charge on any atom is -0.358 e. The molecule has 0 fully saturated rings. The van der Waals surface area contributed by atoms with Gasteiger partial charge in [0, 0.05) is 27.1 Å². The molecule has 0 bridgehead atoms. The number of hydrogen-bond acceptors (Lipinski definition) is 1. The summed E-state index contributed by atoms with van der Waals surface area (Å²) in [5.74, 6) is 0.652. The van der Waals surface area contributed by atoms with E-state index in [9.17, 15) is 4.79 Å². The number of benzene rings is 1. The van der Waals surface area contributed by atoms with E-state index in [4.69, 9.17) is 0 Å². The third-order valence-corrected chi connectivity index (χ3v) is 3.33. The molecule has 0 aliphatic heterocycles. The van der Waals surface area contributed by atoms with Crippen molar-refractivity contribution in [2.45, 2.75) is 26.7 Å². The van der Waals surface area contributed by atoms with Gasteiger partial charge in [-0.15, -0.1) is 0 Å². The molecule has 0 saturated carbocycles. The van der Waals surface area contributed by atoms with Crippen LogP contribution in [0, 0.1) is 5.92 Å². The zero-order valence-corrected chi connectivity index (χ0v) is 11.7. The monoisotopic (exact) mass is 293 g/mol. The maximum atomic E-state index is 12.0. The van der Waals surface area contributed by atoms with Gasteiger partial charge in [0.2, 0.25) is 0 Å². The van der Waals surface area contributed by atoms with Crippen LogP contribution in [0.1, 0.15) is 26.0 Å². The lowest BCUT2D eigenvalue weighted by molar-refractivity contribution is 0.582. The second-order valence-electron chi connectivity index (χ2n) is 4.78. The van der Waals surface area contributed by atoms with Crippen LogP contribution < -0.4 is 5.43 Å². The molecular formula is C14H16BrNO. The van der Waals surface area contributed by atoms with E-state index in [2.05, 4.69) is 34.8 Å². The van der Waals surface area contributed by atoms with Gasteiger partial charge in [-0.1, -0.05) is 29.8 Å². The van der Waals surface area contributed by atoms with Crippen LogP contribution in [0.5, 0.6) is 0 Å². The number of halogens is 1. The quantitative estimate of drug-likeness (QED) is 0.915. The van der Waals surface area contributed by atoms with Crippen molar-refractivity contribution in [2.24, 2.45) is 5.92 Å². The summed E-state index contributed by atoms with van der Waals surface area (Å²) in [6, 6.07) is 7.47. The predicted octanol–water partition coefficient (Wildman–Crippen LogP) is 3.88. The van der Waals surface area contributed by atoms with Gasteiger partial charge in [-0.2, -0.15) is 0 Å². The standard InChI is InChI=1S/C14H16BrNO/c1-9(2)3-5-11-8-14(17)12-7-10(15)4-6-13(12)16-11/h4,6-9H,3,5H2,1-2H3,(H,16,17). The molecule has 1 aromatic carbocycles. The molecule has 1 heterocycles. The number of hydrogen-bond donors (Lipinski definition) is 1. The molecule has 0 spiro atoms. The molecular weight excluding hydrogens is 278 g/mol. The number of rotatable bonds is 3. The number of aryl methyl sites for hydroxylation is 1. The van der Waals surface area contributed by atoms with Crippen LogP contribution in [-0.4, -0.2) is 4.98 Å². The Labute approximate surface area is 109 Å². The highest BCUT2D eigenvalue weighted by molar-refractivity contribution is 9.10. The van der Waals surface area contributed by atoms with Crippen LogP contribution in [-0.2, 0) is 6.42 Å². The van der Waals surface area contributed by atoms with Gasteiger partial charge in [0.25, 0.3) is 0 Å². The maximum absolute atomic E-state index is 12.0. The minimum absolute atomic E-state index is 0.0961. The Morgan fingerprint density at radius 2 is 2.06 bits per heavy atom. The third-order valence-electron chi connectivity index (χ3n) is 2.84. The number of nitrogens with one attached hydrogen (secondary N) is 1. The van der Waals surface area contributed by atoms with E-state index in [0.717, 1.165) is 33.9 Å². The normalized spacial score (nSPS) is 11.3.